The van der Waals surface area contributed by atoms with E-state index in [-0.39, 0.29) is 11.9 Å². The summed E-state index contributed by atoms with van der Waals surface area (Å²) in [6.07, 6.45) is 4.98. The molecule has 1 aliphatic heterocycles. The number of esters is 1. The molecule has 4 rings (SSSR count). The third kappa shape index (κ3) is 6.33. The largest absolute Gasteiger partial charge is 0.466 e. The van der Waals surface area contributed by atoms with Crippen LogP contribution >= 0.6 is 11.3 Å². The van der Waals surface area contributed by atoms with Crippen LogP contribution in [0.3, 0.4) is 0 Å². The molecule has 1 fully saturated rings. The Bertz CT molecular complexity index is 1080. The first-order valence-corrected chi connectivity index (χ1v) is 11.8. The molecular formula is C23H26N6O3S. The number of hydrogen-bond acceptors (Lipinski definition) is 8. The molecule has 1 aliphatic rings. The minimum atomic E-state index is -0.401. The molecule has 0 atom stereocenters. The molecule has 0 saturated carbocycles. The molecule has 0 unspecified atom stereocenters. The number of likely N-dealkylation sites (tertiary alicyclic amines) is 1. The predicted molar refractivity (Wildman–Crippen MR) is 127 cm³/mol. The van der Waals surface area contributed by atoms with Gasteiger partial charge in [-0.15, -0.1) is 11.3 Å². The van der Waals surface area contributed by atoms with Gasteiger partial charge in [-0.1, -0.05) is 6.07 Å². The van der Waals surface area contributed by atoms with E-state index in [9.17, 15) is 9.59 Å². The molecule has 0 aromatic carbocycles. The normalized spacial score (nSPS) is 14.6. The monoisotopic (exact) mass is 466 g/mol. The van der Waals surface area contributed by atoms with Gasteiger partial charge in [0.2, 0.25) is 0 Å². The molecule has 172 valence electrons. The number of pyridine rings is 2. The van der Waals surface area contributed by atoms with Crippen molar-refractivity contribution in [1.82, 2.24) is 19.9 Å². The van der Waals surface area contributed by atoms with E-state index in [4.69, 9.17) is 4.74 Å². The smallest absolute Gasteiger partial charge is 0.326 e. The number of piperidine rings is 1. The van der Waals surface area contributed by atoms with E-state index in [1.807, 2.05) is 31.2 Å². The quantitative estimate of drug-likeness (QED) is 0.506. The van der Waals surface area contributed by atoms with E-state index < -0.39 is 6.03 Å². The highest BCUT2D eigenvalue weighted by atomic mass is 32.1. The maximum Gasteiger partial charge on any atom is 0.326 e. The van der Waals surface area contributed by atoms with Crippen LogP contribution in [0.25, 0.3) is 10.6 Å². The van der Waals surface area contributed by atoms with Gasteiger partial charge in [0.25, 0.3) is 0 Å². The van der Waals surface area contributed by atoms with E-state index in [1.165, 1.54) is 11.3 Å². The zero-order valence-electron chi connectivity index (χ0n) is 18.4. The molecule has 0 bridgehead atoms. The van der Waals surface area contributed by atoms with Crippen LogP contribution in [0.15, 0.2) is 48.1 Å². The van der Waals surface area contributed by atoms with Crippen molar-refractivity contribution in [2.75, 3.05) is 30.3 Å². The summed E-state index contributed by atoms with van der Waals surface area (Å²) in [6.45, 7) is 4.54. The Kier molecular flexibility index (Phi) is 7.59. The molecule has 0 aliphatic carbocycles. The highest BCUT2D eigenvalue weighted by molar-refractivity contribution is 7.13. The molecule has 1 saturated heterocycles. The van der Waals surface area contributed by atoms with Crippen molar-refractivity contribution >= 4 is 35.0 Å². The maximum absolute atomic E-state index is 12.4. The topological polar surface area (TPSA) is 109 Å². The highest BCUT2D eigenvalue weighted by Crippen LogP contribution is 2.25. The summed E-state index contributed by atoms with van der Waals surface area (Å²) in [4.78, 5) is 39.6. The first-order valence-electron chi connectivity index (χ1n) is 10.9. The lowest BCUT2D eigenvalue weighted by atomic mass is 9.97. The third-order valence-corrected chi connectivity index (χ3v) is 6.21. The van der Waals surface area contributed by atoms with Crippen LogP contribution in [0, 0.1) is 5.92 Å². The minimum absolute atomic E-state index is 0.0179. The second-order valence-corrected chi connectivity index (χ2v) is 8.53. The molecule has 4 heterocycles. The fourth-order valence-electron chi connectivity index (χ4n) is 3.68. The average molecular weight is 467 g/mol. The van der Waals surface area contributed by atoms with Gasteiger partial charge in [-0.3, -0.25) is 25.3 Å². The molecular weight excluding hydrogens is 440 g/mol. The van der Waals surface area contributed by atoms with Crippen molar-refractivity contribution in [1.29, 1.82) is 0 Å². The highest BCUT2D eigenvalue weighted by Gasteiger charge is 2.26. The number of carbonyl (C=O) groups is 2. The fourth-order valence-corrected chi connectivity index (χ4v) is 4.43. The Morgan fingerprint density at radius 2 is 1.85 bits per heavy atom. The average Bonchev–Trinajstić information content (AvgIpc) is 3.29. The third-order valence-electron chi connectivity index (χ3n) is 5.31. The number of aromatic nitrogens is 3. The Morgan fingerprint density at radius 3 is 2.61 bits per heavy atom. The summed E-state index contributed by atoms with van der Waals surface area (Å²) < 4.78 is 5.13. The molecule has 2 N–H and O–H groups in total. The Hall–Kier alpha value is -3.37. The van der Waals surface area contributed by atoms with Crippen LogP contribution in [0.2, 0.25) is 0 Å². The summed E-state index contributed by atoms with van der Waals surface area (Å²) in [6, 6.07) is 8.89. The lowest BCUT2D eigenvalue weighted by Crippen LogP contribution is -2.36. The van der Waals surface area contributed by atoms with E-state index in [1.54, 1.807) is 23.8 Å². The van der Waals surface area contributed by atoms with Crippen molar-refractivity contribution in [2.24, 2.45) is 5.92 Å². The van der Waals surface area contributed by atoms with Crippen molar-refractivity contribution in [2.45, 2.75) is 26.3 Å². The number of anilines is 2. The summed E-state index contributed by atoms with van der Waals surface area (Å²) in [7, 11) is 0. The molecule has 3 aromatic heterocycles. The minimum Gasteiger partial charge on any atom is -0.466 e. The summed E-state index contributed by atoms with van der Waals surface area (Å²) in [5, 5.41) is 8.11. The number of urea groups is 1. The number of nitrogens with zero attached hydrogens (tertiary/aromatic N) is 4. The first kappa shape index (κ1) is 22.8. The van der Waals surface area contributed by atoms with Gasteiger partial charge in [0.15, 0.2) is 0 Å². The SMILES string of the molecule is CCOC(=O)C1CCN(Cc2cccc(NC(=O)Nc3csc(-c4ccncc4)n3)n2)CC1. The summed E-state index contributed by atoms with van der Waals surface area (Å²) in [5.74, 6) is 0.831. The molecule has 9 nitrogen and oxygen atoms in total. The first-order chi connectivity index (χ1) is 16.1. The van der Waals surface area contributed by atoms with Crippen molar-refractivity contribution in [3.8, 4) is 10.6 Å². The molecule has 0 spiro atoms. The summed E-state index contributed by atoms with van der Waals surface area (Å²) in [5.41, 5.74) is 1.81. The molecule has 10 heteroatoms. The second kappa shape index (κ2) is 11.0. The van der Waals surface area contributed by atoms with Crippen LogP contribution < -0.4 is 10.6 Å². The molecule has 33 heavy (non-hydrogen) atoms. The van der Waals surface area contributed by atoms with E-state index in [0.717, 1.165) is 42.2 Å². The number of rotatable bonds is 7. The van der Waals surface area contributed by atoms with Crippen LogP contribution in [-0.4, -0.2) is 51.5 Å². The summed E-state index contributed by atoms with van der Waals surface area (Å²) >= 11 is 1.45. The van der Waals surface area contributed by atoms with E-state index in [0.29, 0.717) is 24.8 Å². The molecule has 0 radical (unpaired) electrons. The lowest BCUT2D eigenvalue weighted by molar-refractivity contribution is -0.149. The zero-order valence-corrected chi connectivity index (χ0v) is 19.2. The van der Waals surface area contributed by atoms with Crippen molar-refractivity contribution < 1.29 is 14.3 Å². The molecule has 3 aromatic rings. The number of carbonyl (C=O) groups excluding carboxylic acids is 2. The van der Waals surface area contributed by atoms with Crippen LogP contribution in [-0.2, 0) is 16.1 Å². The van der Waals surface area contributed by atoms with E-state index in [2.05, 4.69) is 30.5 Å². The number of hydrogen-bond donors (Lipinski definition) is 2. The second-order valence-electron chi connectivity index (χ2n) is 7.67. The van der Waals surface area contributed by atoms with Crippen LogP contribution in [0.4, 0.5) is 16.4 Å². The van der Waals surface area contributed by atoms with Crippen LogP contribution in [0.1, 0.15) is 25.5 Å². The molecule has 2 amide bonds. The van der Waals surface area contributed by atoms with Gasteiger partial charge in [-0.05, 0) is 57.1 Å². The van der Waals surface area contributed by atoms with Gasteiger partial charge < -0.3 is 4.74 Å². The fraction of sp³-hybridized carbons (Fsp3) is 0.348. The van der Waals surface area contributed by atoms with Crippen molar-refractivity contribution in [3.63, 3.8) is 0 Å². The van der Waals surface area contributed by atoms with Gasteiger partial charge in [-0.25, -0.2) is 14.8 Å². The number of ether oxygens (including phenoxy) is 1. The predicted octanol–water partition coefficient (Wildman–Crippen LogP) is 4.02. The van der Waals surface area contributed by atoms with Crippen molar-refractivity contribution in [3.05, 3.63) is 53.8 Å². The Labute approximate surface area is 196 Å². The van der Waals surface area contributed by atoms with Gasteiger partial charge in [-0.2, -0.15) is 0 Å². The standard InChI is InChI=1S/C23H26N6O3S/c1-2-32-22(30)17-8-12-29(13-9-17)14-18-4-3-5-19(25-18)27-23(31)28-20-15-33-21(26-20)16-6-10-24-11-7-16/h3-7,10-11,15,17H,2,8-9,12-14H2,1H3,(H2,25,27,28,31). The van der Waals surface area contributed by atoms with Crippen LogP contribution in [0.5, 0.6) is 0 Å². The Balaban J connectivity index is 1.28. The number of nitrogens with one attached hydrogen (secondary N) is 2. The maximum atomic E-state index is 12.4. The van der Waals surface area contributed by atoms with Gasteiger partial charge in [0, 0.05) is 29.9 Å². The Morgan fingerprint density at radius 1 is 1.09 bits per heavy atom. The lowest BCUT2D eigenvalue weighted by Gasteiger charge is -2.30. The van der Waals surface area contributed by atoms with Gasteiger partial charge >= 0.3 is 12.0 Å². The number of amides is 2. The number of thiazole rings is 1. The van der Waals surface area contributed by atoms with Gasteiger partial charge in [0.05, 0.1) is 18.2 Å². The zero-order chi connectivity index (χ0) is 23.0. The van der Waals surface area contributed by atoms with Gasteiger partial charge in [0.1, 0.15) is 16.6 Å². The van der Waals surface area contributed by atoms with E-state index >= 15 is 0 Å².